The molecule has 0 atom stereocenters. The third kappa shape index (κ3) is 2.73. The van der Waals surface area contributed by atoms with Crippen LogP contribution in [-0.4, -0.2) is 0 Å². The van der Waals surface area contributed by atoms with Gasteiger partial charge in [-0.25, -0.2) is 0 Å². The van der Waals surface area contributed by atoms with Crippen molar-refractivity contribution in [1.82, 2.24) is 0 Å². The maximum Gasteiger partial charge on any atom is 0.0540 e. The zero-order valence-electron chi connectivity index (χ0n) is 18.1. The Balaban J connectivity index is 1.64. The van der Waals surface area contributed by atoms with E-state index in [-0.39, 0.29) is 0 Å². The Morgan fingerprint density at radius 1 is 0.364 bits per heavy atom. The number of hydrogen-bond donors (Lipinski definition) is 0. The lowest BCUT2D eigenvalue weighted by Gasteiger charge is -2.32. The first kappa shape index (κ1) is 18.2. The van der Waals surface area contributed by atoms with Crippen LogP contribution in [0.2, 0.25) is 0 Å². The minimum Gasteiger partial charge on any atom is -0.309 e. The van der Waals surface area contributed by atoms with Crippen molar-refractivity contribution in [3.05, 3.63) is 127 Å². The largest absolute Gasteiger partial charge is 0.309 e. The van der Waals surface area contributed by atoms with Gasteiger partial charge in [-0.05, 0) is 56.9 Å². The molecule has 6 aromatic rings. The zero-order chi connectivity index (χ0) is 21.8. The summed E-state index contributed by atoms with van der Waals surface area (Å²) in [5.41, 5.74) is 8.61. The molecule has 1 aliphatic rings. The van der Waals surface area contributed by atoms with E-state index in [1.54, 1.807) is 0 Å². The van der Waals surface area contributed by atoms with Crippen molar-refractivity contribution in [3.63, 3.8) is 0 Å². The van der Waals surface area contributed by atoms with E-state index in [1.165, 1.54) is 60.9 Å². The van der Waals surface area contributed by atoms with Crippen LogP contribution in [-0.2, 0) is 0 Å². The fraction of sp³-hybridized carbons (Fsp3) is 0. The maximum atomic E-state index is 2.42. The molecule has 1 aliphatic heterocycles. The Morgan fingerprint density at radius 2 is 0.879 bits per heavy atom. The molecule has 33 heavy (non-hydrogen) atoms. The van der Waals surface area contributed by atoms with Crippen LogP contribution >= 0.6 is 0 Å². The van der Waals surface area contributed by atoms with Gasteiger partial charge >= 0.3 is 0 Å². The molecule has 0 fully saturated rings. The molecule has 1 heteroatoms. The number of rotatable bonds is 1. The highest BCUT2D eigenvalue weighted by atomic mass is 15.1. The summed E-state index contributed by atoms with van der Waals surface area (Å²) in [4.78, 5) is 2.42. The van der Waals surface area contributed by atoms with Crippen LogP contribution in [0.5, 0.6) is 0 Å². The van der Waals surface area contributed by atoms with Crippen LogP contribution < -0.4 is 4.90 Å². The van der Waals surface area contributed by atoms with E-state index in [1.807, 2.05) is 0 Å². The van der Waals surface area contributed by atoms with Gasteiger partial charge in [0.25, 0.3) is 0 Å². The summed E-state index contributed by atoms with van der Waals surface area (Å²) >= 11 is 0. The first-order valence-electron chi connectivity index (χ1n) is 11.4. The zero-order valence-corrected chi connectivity index (χ0v) is 18.1. The third-order valence-corrected chi connectivity index (χ3v) is 6.77. The summed E-state index contributed by atoms with van der Waals surface area (Å²) in [5, 5.41) is 5.09. The summed E-state index contributed by atoms with van der Waals surface area (Å²) < 4.78 is 0. The molecule has 154 valence electrons. The second kappa shape index (κ2) is 7.08. The molecular weight excluding hydrogens is 398 g/mol. The second-order valence-electron chi connectivity index (χ2n) is 8.61. The number of para-hydroxylation sites is 2. The molecule has 0 radical (unpaired) electrons. The maximum absolute atomic E-state index is 2.42. The summed E-state index contributed by atoms with van der Waals surface area (Å²) in [7, 11) is 0. The van der Waals surface area contributed by atoms with Gasteiger partial charge in [0.15, 0.2) is 0 Å². The van der Waals surface area contributed by atoms with Gasteiger partial charge in [-0.3, -0.25) is 0 Å². The number of anilines is 3. The Bertz CT molecular complexity index is 1600. The first-order chi connectivity index (χ1) is 16.4. The molecule has 0 bridgehead atoms. The van der Waals surface area contributed by atoms with Crippen molar-refractivity contribution in [2.24, 2.45) is 0 Å². The average molecular weight is 420 g/mol. The molecule has 0 spiro atoms. The van der Waals surface area contributed by atoms with Gasteiger partial charge in [0.05, 0.1) is 11.4 Å². The second-order valence-corrected chi connectivity index (χ2v) is 8.61. The molecule has 7 rings (SSSR count). The van der Waals surface area contributed by atoms with Crippen LogP contribution in [0.25, 0.3) is 43.8 Å². The summed E-state index contributed by atoms with van der Waals surface area (Å²) in [6.45, 7) is 0. The van der Waals surface area contributed by atoms with Crippen LogP contribution in [0.3, 0.4) is 0 Å². The number of nitrogens with zero attached hydrogens (tertiary/aromatic N) is 1. The van der Waals surface area contributed by atoms with Crippen molar-refractivity contribution < 1.29 is 0 Å². The van der Waals surface area contributed by atoms with Crippen molar-refractivity contribution in [3.8, 4) is 22.3 Å². The number of hydrogen-bond acceptors (Lipinski definition) is 1. The fourth-order valence-electron chi connectivity index (χ4n) is 5.31. The van der Waals surface area contributed by atoms with Crippen LogP contribution in [0.4, 0.5) is 17.1 Å². The number of benzene rings is 6. The van der Waals surface area contributed by atoms with Gasteiger partial charge in [0.2, 0.25) is 0 Å². The molecule has 0 unspecified atom stereocenters. The molecular formula is C32H21N. The highest BCUT2D eigenvalue weighted by molar-refractivity contribution is 6.12. The first-order valence-corrected chi connectivity index (χ1v) is 11.4. The van der Waals surface area contributed by atoms with Gasteiger partial charge in [-0.15, -0.1) is 0 Å². The smallest absolute Gasteiger partial charge is 0.0540 e. The third-order valence-electron chi connectivity index (χ3n) is 6.77. The lowest BCUT2D eigenvalue weighted by atomic mass is 9.87. The monoisotopic (exact) mass is 419 g/mol. The van der Waals surface area contributed by atoms with E-state index in [4.69, 9.17) is 0 Å². The van der Waals surface area contributed by atoms with E-state index >= 15 is 0 Å². The Labute approximate surface area is 193 Å². The van der Waals surface area contributed by atoms with Crippen LogP contribution in [0, 0.1) is 0 Å². The molecule has 0 aliphatic carbocycles. The fourth-order valence-corrected chi connectivity index (χ4v) is 5.31. The van der Waals surface area contributed by atoms with Crippen molar-refractivity contribution in [2.75, 3.05) is 4.90 Å². The molecule has 0 N–H and O–H groups in total. The van der Waals surface area contributed by atoms with E-state index in [2.05, 4.69) is 132 Å². The SMILES string of the molecule is c1ccc2c(c1)-c1cccc3cccc(c13)-c1ccccc1N2c1ccc2ccccc2c1. The van der Waals surface area contributed by atoms with Gasteiger partial charge in [-0.1, -0.05) is 103 Å². The molecule has 0 amide bonds. The molecule has 0 saturated heterocycles. The molecule has 0 aromatic heterocycles. The van der Waals surface area contributed by atoms with Gasteiger partial charge < -0.3 is 4.90 Å². The highest BCUT2D eigenvalue weighted by Crippen LogP contribution is 2.50. The number of fused-ring (bicyclic) bond motifs is 5. The van der Waals surface area contributed by atoms with E-state index in [9.17, 15) is 0 Å². The molecule has 1 heterocycles. The lowest BCUT2D eigenvalue weighted by molar-refractivity contribution is 1.29. The quantitative estimate of drug-likeness (QED) is 0.256. The standard InChI is InChI=1S/C32H21N/c1-2-10-24-21-25(20-19-22(24)9-1)33-30-17-5-3-13-26(30)28-15-7-11-23-12-8-16-29(32(23)28)27-14-4-6-18-31(27)33/h1-21H. The Kier molecular flexibility index (Phi) is 3.91. The summed E-state index contributed by atoms with van der Waals surface area (Å²) in [6, 6.07) is 46.2. The van der Waals surface area contributed by atoms with E-state index < -0.39 is 0 Å². The van der Waals surface area contributed by atoms with Gasteiger partial charge in [0, 0.05) is 16.8 Å². The van der Waals surface area contributed by atoms with Crippen molar-refractivity contribution in [2.45, 2.75) is 0 Å². The molecule has 1 nitrogen and oxygen atoms in total. The summed E-state index contributed by atoms with van der Waals surface area (Å²) in [6.07, 6.45) is 0. The normalized spacial score (nSPS) is 12.2. The van der Waals surface area contributed by atoms with Gasteiger partial charge in [-0.2, -0.15) is 0 Å². The van der Waals surface area contributed by atoms with Crippen LogP contribution in [0.15, 0.2) is 127 Å². The lowest BCUT2D eigenvalue weighted by Crippen LogP contribution is -2.13. The minimum absolute atomic E-state index is 1.17. The van der Waals surface area contributed by atoms with E-state index in [0.717, 1.165) is 0 Å². The topological polar surface area (TPSA) is 3.24 Å². The average Bonchev–Trinajstić information content (AvgIpc) is 2.88. The summed E-state index contributed by atoms with van der Waals surface area (Å²) in [5.74, 6) is 0. The van der Waals surface area contributed by atoms with Crippen LogP contribution in [0.1, 0.15) is 0 Å². The predicted molar refractivity (Wildman–Crippen MR) is 141 cm³/mol. The Hall–Kier alpha value is -4.36. The highest BCUT2D eigenvalue weighted by Gasteiger charge is 2.24. The van der Waals surface area contributed by atoms with Crippen molar-refractivity contribution >= 4 is 38.6 Å². The van der Waals surface area contributed by atoms with Crippen molar-refractivity contribution in [1.29, 1.82) is 0 Å². The Morgan fingerprint density at radius 3 is 1.55 bits per heavy atom. The van der Waals surface area contributed by atoms with E-state index in [0.29, 0.717) is 0 Å². The molecule has 0 saturated carbocycles. The van der Waals surface area contributed by atoms with Gasteiger partial charge in [0.1, 0.15) is 0 Å². The predicted octanol–water partition coefficient (Wildman–Crippen LogP) is 9.11. The molecule has 6 aromatic carbocycles. The minimum atomic E-state index is 1.17.